The van der Waals surface area contributed by atoms with Gasteiger partial charge in [-0.1, -0.05) is 26.2 Å². The molecule has 0 spiro atoms. The van der Waals surface area contributed by atoms with Gasteiger partial charge in [0.1, 0.15) is 0 Å². The first-order valence-electron chi connectivity index (χ1n) is 8.54. The van der Waals surface area contributed by atoms with E-state index in [9.17, 15) is 0 Å². The van der Waals surface area contributed by atoms with Crippen LogP contribution in [-0.2, 0) is 12.8 Å². The van der Waals surface area contributed by atoms with E-state index in [-0.39, 0.29) is 0 Å². The Kier molecular flexibility index (Phi) is 6.31. The SMILES string of the molecule is CCCC#CCc1ccc(-c2ccc(-c3ccc(CCC)s3)s2)s1. The van der Waals surface area contributed by atoms with Crippen LogP contribution in [0.1, 0.15) is 42.9 Å². The first-order valence-corrected chi connectivity index (χ1v) is 11.0. The second-order valence-corrected chi connectivity index (χ2v) is 9.15. The summed E-state index contributed by atoms with van der Waals surface area (Å²) in [7, 11) is 0. The van der Waals surface area contributed by atoms with E-state index in [1.54, 1.807) is 0 Å². The van der Waals surface area contributed by atoms with Crippen molar-refractivity contribution in [1.29, 1.82) is 0 Å². The zero-order valence-electron chi connectivity index (χ0n) is 14.2. The molecule has 0 amide bonds. The van der Waals surface area contributed by atoms with Gasteiger partial charge in [-0.3, -0.25) is 0 Å². The summed E-state index contributed by atoms with van der Waals surface area (Å²) >= 11 is 5.71. The van der Waals surface area contributed by atoms with Gasteiger partial charge in [-0.2, -0.15) is 0 Å². The van der Waals surface area contributed by atoms with Crippen molar-refractivity contribution in [2.24, 2.45) is 0 Å². The third-order valence-corrected chi connectivity index (χ3v) is 7.38. The van der Waals surface area contributed by atoms with Crippen molar-refractivity contribution in [3.05, 3.63) is 46.2 Å². The van der Waals surface area contributed by atoms with Gasteiger partial charge in [0, 0.05) is 42.1 Å². The Morgan fingerprint density at radius 3 is 1.92 bits per heavy atom. The van der Waals surface area contributed by atoms with E-state index >= 15 is 0 Å². The van der Waals surface area contributed by atoms with Crippen molar-refractivity contribution >= 4 is 34.0 Å². The van der Waals surface area contributed by atoms with Gasteiger partial charge in [0.15, 0.2) is 0 Å². The minimum absolute atomic E-state index is 0.883. The molecule has 0 aliphatic rings. The fourth-order valence-corrected chi connectivity index (χ4v) is 5.71. The van der Waals surface area contributed by atoms with E-state index in [1.807, 2.05) is 34.0 Å². The average Bonchev–Trinajstić information content (AvgIpc) is 3.31. The van der Waals surface area contributed by atoms with Crippen molar-refractivity contribution in [2.75, 3.05) is 0 Å². The molecule has 0 N–H and O–H groups in total. The van der Waals surface area contributed by atoms with Crippen molar-refractivity contribution in [2.45, 2.75) is 46.0 Å². The molecule has 3 aromatic rings. The lowest BCUT2D eigenvalue weighted by molar-refractivity contribution is 0.940. The average molecular weight is 371 g/mol. The third-order valence-electron chi connectivity index (χ3n) is 3.67. The Bertz CT molecular complexity index is 836. The van der Waals surface area contributed by atoms with Crippen molar-refractivity contribution in [3.63, 3.8) is 0 Å². The summed E-state index contributed by atoms with van der Waals surface area (Å²) in [4.78, 5) is 8.38. The molecule has 0 saturated carbocycles. The van der Waals surface area contributed by atoms with Gasteiger partial charge in [-0.25, -0.2) is 0 Å². The van der Waals surface area contributed by atoms with Gasteiger partial charge in [0.2, 0.25) is 0 Å². The van der Waals surface area contributed by atoms with Crippen molar-refractivity contribution < 1.29 is 0 Å². The summed E-state index contributed by atoms with van der Waals surface area (Å²) in [6, 6.07) is 13.5. The van der Waals surface area contributed by atoms with Gasteiger partial charge in [0.25, 0.3) is 0 Å². The molecule has 3 heteroatoms. The molecule has 0 saturated heterocycles. The molecular formula is C21H22S3. The highest BCUT2D eigenvalue weighted by molar-refractivity contribution is 7.26. The maximum atomic E-state index is 3.28. The molecule has 3 rings (SSSR count). The summed E-state index contributed by atoms with van der Waals surface area (Å²) in [6.45, 7) is 4.41. The maximum Gasteiger partial charge on any atom is 0.0449 e. The van der Waals surface area contributed by atoms with Crippen LogP contribution in [0.5, 0.6) is 0 Å². The minimum atomic E-state index is 0.883. The normalized spacial score (nSPS) is 10.6. The summed E-state index contributed by atoms with van der Waals surface area (Å²) < 4.78 is 0. The van der Waals surface area contributed by atoms with Crippen LogP contribution in [0.4, 0.5) is 0 Å². The summed E-state index contributed by atoms with van der Waals surface area (Å²) in [6.07, 6.45) is 5.44. The van der Waals surface area contributed by atoms with E-state index in [1.165, 1.54) is 42.1 Å². The lowest BCUT2D eigenvalue weighted by Crippen LogP contribution is -1.72. The summed E-state index contributed by atoms with van der Waals surface area (Å²) in [5, 5.41) is 0. The molecule has 0 aromatic carbocycles. The van der Waals surface area contributed by atoms with E-state index in [0.717, 1.165) is 19.3 Å². The lowest BCUT2D eigenvalue weighted by Gasteiger charge is -1.92. The van der Waals surface area contributed by atoms with Gasteiger partial charge in [-0.05, 0) is 49.2 Å². The van der Waals surface area contributed by atoms with Crippen LogP contribution in [0, 0.1) is 11.8 Å². The van der Waals surface area contributed by atoms with Crippen LogP contribution < -0.4 is 0 Å². The van der Waals surface area contributed by atoms with Crippen molar-refractivity contribution in [1.82, 2.24) is 0 Å². The Hall–Kier alpha value is -1.34. The molecule has 24 heavy (non-hydrogen) atoms. The Balaban J connectivity index is 1.71. The fraction of sp³-hybridized carbons (Fsp3) is 0.333. The molecule has 3 heterocycles. The van der Waals surface area contributed by atoms with E-state index in [2.05, 4.69) is 62.1 Å². The predicted octanol–water partition coefficient (Wildman–Crippen LogP) is 7.50. The lowest BCUT2D eigenvalue weighted by atomic mass is 10.3. The standard InChI is InChI=1S/C21H22S3/c1-3-5-6-7-9-17-11-13-19(23-17)21-15-14-20(24-21)18-12-10-16(22-18)8-4-2/h10-15H,3-5,8-9H2,1-2H3. The number of hydrogen-bond acceptors (Lipinski definition) is 3. The number of rotatable bonds is 6. The smallest absolute Gasteiger partial charge is 0.0449 e. The van der Waals surface area contributed by atoms with Crippen LogP contribution in [0.15, 0.2) is 36.4 Å². The van der Waals surface area contributed by atoms with Gasteiger partial charge >= 0.3 is 0 Å². The fourth-order valence-electron chi connectivity index (χ4n) is 2.46. The largest absolute Gasteiger partial charge is 0.139 e. The number of thiophene rings is 3. The number of unbranched alkanes of at least 4 members (excludes halogenated alkanes) is 1. The second kappa shape index (κ2) is 8.67. The quantitative estimate of drug-likeness (QED) is 0.394. The van der Waals surface area contributed by atoms with Crippen LogP contribution >= 0.6 is 34.0 Å². The molecular weight excluding hydrogens is 348 g/mol. The van der Waals surface area contributed by atoms with Crippen LogP contribution in [0.2, 0.25) is 0 Å². The highest BCUT2D eigenvalue weighted by Crippen LogP contribution is 2.40. The molecule has 0 radical (unpaired) electrons. The molecule has 3 aromatic heterocycles. The first-order chi connectivity index (χ1) is 11.8. The third kappa shape index (κ3) is 4.39. The molecule has 0 aliphatic heterocycles. The molecule has 0 fully saturated rings. The van der Waals surface area contributed by atoms with Crippen LogP contribution in [-0.4, -0.2) is 0 Å². The Morgan fingerprint density at radius 1 is 0.667 bits per heavy atom. The number of aryl methyl sites for hydroxylation is 1. The van der Waals surface area contributed by atoms with Gasteiger partial charge < -0.3 is 0 Å². The molecule has 0 unspecified atom stereocenters. The summed E-state index contributed by atoms with van der Waals surface area (Å²) in [5.74, 6) is 6.51. The van der Waals surface area contributed by atoms with E-state index in [0.29, 0.717) is 0 Å². The van der Waals surface area contributed by atoms with Gasteiger partial charge in [-0.15, -0.1) is 39.9 Å². The van der Waals surface area contributed by atoms with Gasteiger partial charge in [0.05, 0.1) is 0 Å². The van der Waals surface area contributed by atoms with E-state index in [4.69, 9.17) is 0 Å². The zero-order valence-corrected chi connectivity index (χ0v) is 16.7. The van der Waals surface area contributed by atoms with Crippen molar-refractivity contribution in [3.8, 4) is 31.3 Å². The second-order valence-electron chi connectivity index (χ2n) is 5.73. The van der Waals surface area contributed by atoms with E-state index < -0.39 is 0 Å². The Labute approximate surface area is 157 Å². The maximum absolute atomic E-state index is 3.28. The van der Waals surface area contributed by atoms with Crippen LogP contribution in [0.25, 0.3) is 19.5 Å². The van der Waals surface area contributed by atoms with Crippen LogP contribution in [0.3, 0.4) is 0 Å². The minimum Gasteiger partial charge on any atom is -0.139 e. The molecule has 0 nitrogen and oxygen atoms in total. The molecule has 0 bridgehead atoms. The first kappa shape index (κ1) is 17.5. The predicted molar refractivity (Wildman–Crippen MR) is 111 cm³/mol. The Morgan fingerprint density at radius 2 is 1.25 bits per heavy atom. The molecule has 0 aliphatic carbocycles. The highest BCUT2D eigenvalue weighted by Gasteiger charge is 2.09. The summed E-state index contributed by atoms with van der Waals surface area (Å²) in [5.41, 5.74) is 0. The zero-order chi connectivity index (χ0) is 16.8. The monoisotopic (exact) mass is 370 g/mol. The highest BCUT2D eigenvalue weighted by atomic mass is 32.1. The number of hydrogen-bond donors (Lipinski definition) is 0. The molecule has 124 valence electrons. The topological polar surface area (TPSA) is 0 Å². The molecule has 0 atom stereocenters.